The highest BCUT2D eigenvalue weighted by molar-refractivity contribution is 5.89. The first kappa shape index (κ1) is 12.0. The molecular formula is C14H21N3. The van der Waals surface area contributed by atoms with Crippen LogP contribution < -0.4 is 10.6 Å². The van der Waals surface area contributed by atoms with Crippen molar-refractivity contribution in [3.63, 3.8) is 0 Å². The fraction of sp³-hybridized carbons (Fsp3) is 0.500. The number of hydrogen-bond acceptors (Lipinski definition) is 2. The highest BCUT2D eigenvalue weighted by Crippen LogP contribution is 2.30. The molecule has 1 saturated heterocycles. The molecule has 3 nitrogen and oxygen atoms in total. The molecule has 0 amide bonds. The SMILES string of the molecule is CCN=C(N)[C@@H]1CC[C@H](C)N1c1ccccc1. The van der Waals surface area contributed by atoms with E-state index in [1.807, 2.05) is 13.0 Å². The lowest BCUT2D eigenvalue weighted by atomic mass is 10.2. The smallest absolute Gasteiger partial charge is 0.117 e. The van der Waals surface area contributed by atoms with E-state index in [2.05, 4.69) is 41.1 Å². The zero-order valence-electron chi connectivity index (χ0n) is 10.6. The quantitative estimate of drug-likeness (QED) is 0.641. The average Bonchev–Trinajstić information content (AvgIpc) is 2.73. The van der Waals surface area contributed by atoms with Crippen LogP contribution in [0.25, 0.3) is 0 Å². The van der Waals surface area contributed by atoms with Crippen LogP contribution in [0.2, 0.25) is 0 Å². The third-order valence-electron chi connectivity index (χ3n) is 3.40. The molecule has 1 aliphatic rings. The van der Waals surface area contributed by atoms with Crippen molar-refractivity contribution >= 4 is 11.5 Å². The molecule has 1 aromatic carbocycles. The topological polar surface area (TPSA) is 41.6 Å². The van der Waals surface area contributed by atoms with Crippen LogP contribution >= 0.6 is 0 Å². The van der Waals surface area contributed by atoms with Gasteiger partial charge in [0.1, 0.15) is 5.84 Å². The Morgan fingerprint density at radius 1 is 1.35 bits per heavy atom. The predicted octanol–water partition coefficient (Wildman–Crippen LogP) is 2.42. The molecule has 2 rings (SSSR count). The molecule has 1 fully saturated rings. The third kappa shape index (κ3) is 2.43. The molecule has 0 unspecified atom stereocenters. The second-order valence-electron chi connectivity index (χ2n) is 4.58. The number of para-hydroxylation sites is 1. The van der Waals surface area contributed by atoms with E-state index in [1.165, 1.54) is 12.1 Å². The van der Waals surface area contributed by atoms with Crippen molar-refractivity contribution in [1.82, 2.24) is 0 Å². The summed E-state index contributed by atoms with van der Waals surface area (Å²) < 4.78 is 0. The van der Waals surface area contributed by atoms with Gasteiger partial charge in [0.05, 0.1) is 6.04 Å². The van der Waals surface area contributed by atoms with Crippen LogP contribution in [0.3, 0.4) is 0 Å². The van der Waals surface area contributed by atoms with Gasteiger partial charge < -0.3 is 10.6 Å². The van der Waals surface area contributed by atoms with Crippen molar-refractivity contribution in [2.75, 3.05) is 11.4 Å². The number of hydrogen-bond donors (Lipinski definition) is 1. The Morgan fingerprint density at radius 3 is 2.71 bits per heavy atom. The minimum atomic E-state index is 0.271. The zero-order chi connectivity index (χ0) is 12.3. The molecule has 1 heterocycles. The summed E-state index contributed by atoms with van der Waals surface area (Å²) in [5.74, 6) is 0.778. The van der Waals surface area contributed by atoms with Gasteiger partial charge in [0.25, 0.3) is 0 Å². The molecule has 2 atom stereocenters. The third-order valence-corrected chi connectivity index (χ3v) is 3.40. The summed E-state index contributed by atoms with van der Waals surface area (Å²) in [4.78, 5) is 6.77. The lowest BCUT2D eigenvalue weighted by Crippen LogP contribution is -2.43. The molecule has 0 aromatic heterocycles. The van der Waals surface area contributed by atoms with Gasteiger partial charge in [-0.2, -0.15) is 0 Å². The Morgan fingerprint density at radius 2 is 2.06 bits per heavy atom. The summed E-state index contributed by atoms with van der Waals surface area (Å²) in [7, 11) is 0. The number of nitrogens with zero attached hydrogens (tertiary/aromatic N) is 2. The molecule has 1 aliphatic heterocycles. The molecule has 17 heavy (non-hydrogen) atoms. The lowest BCUT2D eigenvalue weighted by molar-refractivity contribution is 0.725. The van der Waals surface area contributed by atoms with Gasteiger partial charge in [-0.3, -0.25) is 4.99 Å². The van der Waals surface area contributed by atoms with Gasteiger partial charge in [-0.25, -0.2) is 0 Å². The number of anilines is 1. The van der Waals surface area contributed by atoms with E-state index in [9.17, 15) is 0 Å². The first-order valence-electron chi connectivity index (χ1n) is 6.37. The van der Waals surface area contributed by atoms with E-state index in [-0.39, 0.29) is 6.04 Å². The van der Waals surface area contributed by atoms with E-state index in [0.29, 0.717) is 6.04 Å². The van der Waals surface area contributed by atoms with Crippen molar-refractivity contribution < 1.29 is 0 Å². The van der Waals surface area contributed by atoms with E-state index in [1.54, 1.807) is 0 Å². The number of amidine groups is 1. The fourth-order valence-corrected chi connectivity index (χ4v) is 2.60. The molecule has 0 saturated carbocycles. The van der Waals surface area contributed by atoms with Gasteiger partial charge >= 0.3 is 0 Å². The Kier molecular flexibility index (Phi) is 3.67. The van der Waals surface area contributed by atoms with Gasteiger partial charge in [0.15, 0.2) is 0 Å². The molecular weight excluding hydrogens is 210 g/mol. The maximum atomic E-state index is 6.09. The molecule has 0 radical (unpaired) electrons. The second-order valence-corrected chi connectivity index (χ2v) is 4.58. The number of benzene rings is 1. The summed E-state index contributed by atoms with van der Waals surface area (Å²) in [5.41, 5.74) is 7.33. The van der Waals surface area contributed by atoms with Crippen LogP contribution in [0.15, 0.2) is 35.3 Å². The molecule has 0 aliphatic carbocycles. The maximum absolute atomic E-state index is 6.09. The van der Waals surface area contributed by atoms with Crippen molar-refractivity contribution in [3.8, 4) is 0 Å². The van der Waals surface area contributed by atoms with Crippen LogP contribution in [0.5, 0.6) is 0 Å². The van der Waals surface area contributed by atoms with Gasteiger partial charge in [-0.05, 0) is 38.8 Å². The molecule has 92 valence electrons. The average molecular weight is 231 g/mol. The van der Waals surface area contributed by atoms with Crippen LogP contribution in [0.4, 0.5) is 5.69 Å². The van der Waals surface area contributed by atoms with Crippen LogP contribution in [0.1, 0.15) is 26.7 Å². The van der Waals surface area contributed by atoms with E-state index in [4.69, 9.17) is 5.73 Å². The number of nitrogens with two attached hydrogens (primary N) is 1. The predicted molar refractivity (Wildman–Crippen MR) is 73.6 cm³/mol. The van der Waals surface area contributed by atoms with Gasteiger partial charge in [0.2, 0.25) is 0 Å². The van der Waals surface area contributed by atoms with Crippen molar-refractivity contribution in [3.05, 3.63) is 30.3 Å². The Hall–Kier alpha value is -1.51. The minimum absolute atomic E-state index is 0.271. The standard InChI is InChI=1S/C14H21N3/c1-3-16-14(15)13-10-9-11(2)17(13)12-7-5-4-6-8-12/h4-8,11,13H,3,9-10H2,1-2H3,(H2,15,16)/t11-,13-/m0/s1. The molecule has 3 heteroatoms. The normalized spacial score (nSPS) is 25.3. The summed E-state index contributed by atoms with van der Waals surface area (Å²) in [6.45, 7) is 5.05. The van der Waals surface area contributed by atoms with E-state index >= 15 is 0 Å². The summed E-state index contributed by atoms with van der Waals surface area (Å²) in [6, 6.07) is 11.3. The number of aliphatic imine (C=N–C) groups is 1. The van der Waals surface area contributed by atoms with Crippen LogP contribution in [-0.2, 0) is 0 Å². The van der Waals surface area contributed by atoms with Crippen LogP contribution in [0, 0.1) is 0 Å². The Bertz CT molecular complexity index is 386. The lowest BCUT2D eigenvalue weighted by Gasteiger charge is -2.30. The fourth-order valence-electron chi connectivity index (χ4n) is 2.60. The first-order chi connectivity index (χ1) is 8.24. The van der Waals surface area contributed by atoms with Gasteiger partial charge in [-0.15, -0.1) is 0 Å². The zero-order valence-corrected chi connectivity index (χ0v) is 10.6. The largest absolute Gasteiger partial charge is 0.386 e. The highest BCUT2D eigenvalue weighted by Gasteiger charge is 2.32. The summed E-state index contributed by atoms with van der Waals surface area (Å²) >= 11 is 0. The Labute approximate surface area is 103 Å². The highest BCUT2D eigenvalue weighted by atomic mass is 15.2. The van der Waals surface area contributed by atoms with Gasteiger partial charge in [-0.1, -0.05) is 18.2 Å². The summed E-state index contributed by atoms with van der Waals surface area (Å²) in [5, 5.41) is 0. The molecule has 0 bridgehead atoms. The molecule has 2 N–H and O–H groups in total. The van der Waals surface area contributed by atoms with E-state index in [0.717, 1.165) is 18.8 Å². The van der Waals surface area contributed by atoms with Crippen molar-refractivity contribution in [2.45, 2.75) is 38.8 Å². The minimum Gasteiger partial charge on any atom is -0.386 e. The monoisotopic (exact) mass is 231 g/mol. The Balaban J connectivity index is 2.26. The van der Waals surface area contributed by atoms with Crippen LogP contribution in [-0.4, -0.2) is 24.5 Å². The molecule has 0 spiro atoms. The maximum Gasteiger partial charge on any atom is 0.117 e. The number of rotatable bonds is 3. The van der Waals surface area contributed by atoms with Crippen molar-refractivity contribution in [1.29, 1.82) is 0 Å². The summed E-state index contributed by atoms with van der Waals surface area (Å²) in [6.07, 6.45) is 2.28. The second kappa shape index (κ2) is 5.21. The van der Waals surface area contributed by atoms with E-state index < -0.39 is 0 Å². The molecule has 1 aromatic rings. The van der Waals surface area contributed by atoms with Crippen molar-refractivity contribution in [2.24, 2.45) is 10.7 Å². The van der Waals surface area contributed by atoms with Gasteiger partial charge in [0, 0.05) is 18.3 Å². The first-order valence-corrected chi connectivity index (χ1v) is 6.37.